The Morgan fingerprint density at radius 1 is 1.06 bits per heavy atom. The summed E-state index contributed by atoms with van der Waals surface area (Å²) in [6, 6.07) is 6.93. The minimum Gasteiger partial charge on any atom is -0.367 e. The van der Waals surface area contributed by atoms with E-state index in [9.17, 15) is 9.59 Å². The smallest absolute Gasteiger partial charge is 0.235 e. The fourth-order valence-electron chi connectivity index (χ4n) is 5.81. The van der Waals surface area contributed by atoms with Crippen molar-refractivity contribution in [3.05, 3.63) is 23.9 Å². The Hall–Kier alpha value is -2.45. The zero-order chi connectivity index (χ0) is 22.2. The summed E-state index contributed by atoms with van der Waals surface area (Å²) in [4.78, 5) is 29.2. The lowest BCUT2D eigenvalue weighted by Gasteiger charge is -2.42. The largest absolute Gasteiger partial charge is 0.367 e. The summed E-state index contributed by atoms with van der Waals surface area (Å²) in [5.41, 5.74) is 3.05. The minimum absolute atomic E-state index is 0.191. The molecule has 3 aliphatic rings. The predicted octanol–water partition coefficient (Wildman–Crippen LogP) is 1.60. The summed E-state index contributed by atoms with van der Waals surface area (Å²) >= 11 is 0. The van der Waals surface area contributed by atoms with Gasteiger partial charge in [0.1, 0.15) is 0 Å². The van der Waals surface area contributed by atoms with E-state index < -0.39 is 0 Å². The van der Waals surface area contributed by atoms with E-state index in [0.29, 0.717) is 18.9 Å². The molecule has 0 aliphatic carbocycles. The third kappa shape index (κ3) is 3.90. The number of benzene rings is 1. The SMILES string of the molecule is CC(C1CCNCC1)N1CCN(c2cccc3c(C4CCC(=O)NC4=O)nn(C)c23)CC1. The number of aryl methyl sites for hydroxylation is 1. The number of piperazine rings is 1. The van der Waals surface area contributed by atoms with Crippen LogP contribution in [0.15, 0.2) is 18.2 Å². The first-order chi connectivity index (χ1) is 15.5. The third-order valence-electron chi connectivity index (χ3n) is 7.74. The Kier molecular flexibility index (Phi) is 5.90. The number of aromatic nitrogens is 2. The van der Waals surface area contributed by atoms with Crippen LogP contribution in [0.1, 0.15) is 44.2 Å². The Morgan fingerprint density at radius 3 is 2.53 bits per heavy atom. The summed E-state index contributed by atoms with van der Waals surface area (Å²) in [6.45, 7) is 8.82. The Bertz CT molecular complexity index is 1000. The number of hydrogen-bond donors (Lipinski definition) is 2. The number of amides is 2. The van der Waals surface area contributed by atoms with Crippen LogP contribution in [0.25, 0.3) is 10.9 Å². The quantitative estimate of drug-likeness (QED) is 0.706. The average Bonchev–Trinajstić information content (AvgIpc) is 3.16. The Labute approximate surface area is 189 Å². The molecule has 8 nitrogen and oxygen atoms in total. The van der Waals surface area contributed by atoms with E-state index in [1.807, 2.05) is 11.7 Å². The van der Waals surface area contributed by atoms with Gasteiger partial charge >= 0.3 is 0 Å². The number of nitrogens with zero attached hydrogens (tertiary/aromatic N) is 4. The summed E-state index contributed by atoms with van der Waals surface area (Å²) in [7, 11) is 1.96. The van der Waals surface area contributed by atoms with Gasteiger partial charge in [-0.25, -0.2) is 0 Å². The topological polar surface area (TPSA) is 82.5 Å². The summed E-state index contributed by atoms with van der Waals surface area (Å²) in [5, 5.41) is 11.7. The fourth-order valence-corrected chi connectivity index (χ4v) is 5.81. The Balaban J connectivity index is 1.35. The van der Waals surface area contributed by atoms with Crippen molar-refractivity contribution in [1.82, 2.24) is 25.3 Å². The van der Waals surface area contributed by atoms with Gasteiger partial charge in [-0.2, -0.15) is 5.10 Å². The van der Waals surface area contributed by atoms with Crippen molar-refractivity contribution in [3.63, 3.8) is 0 Å². The molecule has 4 heterocycles. The molecule has 172 valence electrons. The number of para-hydroxylation sites is 1. The summed E-state index contributed by atoms with van der Waals surface area (Å²) in [6.07, 6.45) is 3.44. The molecular weight excluding hydrogens is 404 g/mol. The van der Waals surface area contributed by atoms with Crippen molar-refractivity contribution in [1.29, 1.82) is 0 Å². The van der Waals surface area contributed by atoms with Gasteiger partial charge in [0.25, 0.3) is 0 Å². The van der Waals surface area contributed by atoms with Gasteiger partial charge in [0, 0.05) is 51.1 Å². The molecule has 2 unspecified atom stereocenters. The zero-order valence-electron chi connectivity index (χ0n) is 19.1. The molecule has 2 N–H and O–H groups in total. The second kappa shape index (κ2) is 8.83. The molecule has 3 aliphatic heterocycles. The molecule has 3 saturated heterocycles. The highest BCUT2D eigenvalue weighted by molar-refractivity contribution is 6.03. The molecule has 0 bridgehead atoms. The maximum atomic E-state index is 12.5. The van der Waals surface area contributed by atoms with E-state index in [1.165, 1.54) is 18.5 Å². The van der Waals surface area contributed by atoms with E-state index in [-0.39, 0.29) is 17.7 Å². The molecule has 3 fully saturated rings. The van der Waals surface area contributed by atoms with Crippen molar-refractivity contribution in [3.8, 4) is 0 Å². The second-order valence-corrected chi connectivity index (χ2v) is 9.54. The predicted molar refractivity (Wildman–Crippen MR) is 125 cm³/mol. The number of nitrogens with one attached hydrogen (secondary N) is 2. The third-order valence-corrected chi connectivity index (χ3v) is 7.74. The Morgan fingerprint density at radius 2 is 1.81 bits per heavy atom. The van der Waals surface area contributed by atoms with E-state index in [1.54, 1.807) is 0 Å². The van der Waals surface area contributed by atoms with Crippen LogP contribution < -0.4 is 15.5 Å². The lowest BCUT2D eigenvalue weighted by atomic mass is 9.90. The van der Waals surface area contributed by atoms with Crippen molar-refractivity contribution in [2.75, 3.05) is 44.2 Å². The number of carbonyl (C=O) groups is 2. The molecule has 0 spiro atoms. The van der Waals surface area contributed by atoms with Crippen molar-refractivity contribution >= 4 is 28.4 Å². The molecular formula is C24H34N6O2. The molecule has 8 heteroatoms. The molecule has 2 atom stereocenters. The molecule has 2 amide bonds. The summed E-state index contributed by atoms with van der Waals surface area (Å²) < 4.78 is 1.91. The van der Waals surface area contributed by atoms with Crippen molar-refractivity contribution in [2.45, 2.75) is 44.6 Å². The van der Waals surface area contributed by atoms with Gasteiger partial charge < -0.3 is 10.2 Å². The highest BCUT2D eigenvalue weighted by Gasteiger charge is 2.33. The number of imide groups is 1. The van der Waals surface area contributed by atoms with Crippen molar-refractivity contribution in [2.24, 2.45) is 13.0 Å². The maximum Gasteiger partial charge on any atom is 0.235 e. The highest BCUT2D eigenvalue weighted by atomic mass is 16.2. The van der Waals surface area contributed by atoms with E-state index in [2.05, 4.69) is 45.6 Å². The standard InChI is InChI=1S/C24H34N6O2/c1-16(17-8-10-25-11-9-17)29-12-14-30(15-13-29)20-5-3-4-18-22(27-28(2)23(18)20)19-6-7-21(31)26-24(19)32/h3-5,16-17,19,25H,6-15H2,1-2H3,(H,26,31,32). The molecule has 0 radical (unpaired) electrons. The van der Waals surface area contributed by atoms with Crippen LogP contribution in [0.4, 0.5) is 5.69 Å². The van der Waals surface area contributed by atoms with Crippen LogP contribution in [-0.2, 0) is 16.6 Å². The number of carbonyl (C=O) groups excluding carboxylic acids is 2. The van der Waals surface area contributed by atoms with Gasteiger partial charge in [-0.15, -0.1) is 0 Å². The van der Waals surface area contributed by atoms with Gasteiger partial charge in [-0.3, -0.25) is 24.5 Å². The van der Waals surface area contributed by atoms with E-state index in [0.717, 1.165) is 61.8 Å². The molecule has 0 saturated carbocycles. The van der Waals surface area contributed by atoms with Gasteiger partial charge in [-0.05, 0) is 51.3 Å². The van der Waals surface area contributed by atoms with Gasteiger partial charge in [0.05, 0.1) is 22.8 Å². The van der Waals surface area contributed by atoms with E-state index >= 15 is 0 Å². The lowest BCUT2D eigenvalue weighted by Crippen LogP contribution is -2.52. The van der Waals surface area contributed by atoms with Crippen LogP contribution in [0, 0.1) is 5.92 Å². The first kappa shape index (κ1) is 21.4. The number of rotatable bonds is 4. The van der Waals surface area contributed by atoms with E-state index in [4.69, 9.17) is 5.10 Å². The minimum atomic E-state index is -0.366. The van der Waals surface area contributed by atoms with Crippen LogP contribution in [0.3, 0.4) is 0 Å². The van der Waals surface area contributed by atoms with Crippen LogP contribution in [-0.4, -0.2) is 71.8 Å². The maximum absolute atomic E-state index is 12.5. The highest BCUT2D eigenvalue weighted by Crippen LogP contribution is 2.35. The number of piperidine rings is 2. The molecule has 32 heavy (non-hydrogen) atoms. The van der Waals surface area contributed by atoms with Crippen LogP contribution >= 0.6 is 0 Å². The number of hydrogen-bond acceptors (Lipinski definition) is 6. The van der Waals surface area contributed by atoms with Crippen LogP contribution in [0.2, 0.25) is 0 Å². The van der Waals surface area contributed by atoms with Crippen LogP contribution in [0.5, 0.6) is 0 Å². The first-order valence-corrected chi connectivity index (χ1v) is 12.0. The van der Waals surface area contributed by atoms with Crippen molar-refractivity contribution < 1.29 is 9.59 Å². The molecule has 5 rings (SSSR count). The second-order valence-electron chi connectivity index (χ2n) is 9.54. The normalized spacial score (nSPS) is 24.7. The molecule has 1 aromatic carbocycles. The summed E-state index contributed by atoms with van der Waals surface area (Å²) in [5.74, 6) is 0.00430. The average molecular weight is 439 g/mol. The molecule has 2 aromatic rings. The lowest BCUT2D eigenvalue weighted by molar-refractivity contribution is -0.134. The first-order valence-electron chi connectivity index (χ1n) is 12.0. The zero-order valence-corrected chi connectivity index (χ0v) is 19.1. The van der Waals surface area contributed by atoms with Gasteiger partial charge in [-0.1, -0.05) is 12.1 Å². The fraction of sp³-hybridized carbons (Fsp3) is 0.625. The monoisotopic (exact) mass is 438 g/mol. The number of anilines is 1. The van der Waals surface area contributed by atoms with Gasteiger partial charge in [0.2, 0.25) is 11.8 Å². The molecule has 1 aromatic heterocycles. The number of fused-ring (bicyclic) bond motifs is 1. The van der Waals surface area contributed by atoms with Gasteiger partial charge in [0.15, 0.2) is 0 Å².